The SMILES string of the molecule is NCC(CCc1ccccc1)N(Cc1ccccc1)C(=O)c1ccccc1-c1ccccc1. The first kappa shape index (κ1) is 22.5. The van der Waals surface area contributed by atoms with Crippen LogP contribution in [0.4, 0.5) is 0 Å². The van der Waals surface area contributed by atoms with Gasteiger partial charge < -0.3 is 10.6 Å². The molecule has 1 atom stereocenters. The van der Waals surface area contributed by atoms with Crippen LogP contribution >= 0.6 is 0 Å². The second-order valence-corrected chi connectivity index (χ2v) is 8.24. The molecular formula is C30H30N2O. The van der Waals surface area contributed by atoms with Crippen molar-refractivity contribution in [2.45, 2.75) is 25.4 Å². The molecule has 0 aliphatic heterocycles. The Balaban J connectivity index is 1.66. The van der Waals surface area contributed by atoms with Crippen molar-refractivity contribution in [3.63, 3.8) is 0 Å². The van der Waals surface area contributed by atoms with Gasteiger partial charge >= 0.3 is 0 Å². The third kappa shape index (κ3) is 5.76. The van der Waals surface area contributed by atoms with Gasteiger partial charge in [0.25, 0.3) is 5.91 Å². The number of amides is 1. The Bertz CT molecular complexity index is 1140. The third-order valence-electron chi connectivity index (χ3n) is 6.02. The monoisotopic (exact) mass is 434 g/mol. The zero-order valence-electron chi connectivity index (χ0n) is 18.8. The van der Waals surface area contributed by atoms with Crippen molar-refractivity contribution >= 4 is 5.91 Å². The molecule has 0 aromatic heterocycles. The van der Waals surface area contributed by atoms with Gasteiger partial charge in [0.15, 0.2) is 0 Å². The number of rotatable bonds is 9. The van der Waals surface area contributed by atoms with E-state index in [1.54, 1.807) is 0 Å². The van der Waals surface area contributed by atoms with Crippen molar-refractivity contribution < 1.29 is 4.79 Å². The van der Waals surface area contributed by atoms with Crippen LogP contribution in [0.1, 0.15) is 27.9 Å². The van der Waals surface area contributed by atoms with Crippen LogP contribution in [0.5, 0.6) is 0 Å². The molecule has 4 rings (SSSR count). The lowest BCUT2D eigenvalue weighted by Crippen LogP contribution is -2.44. The maximum atomic E-state index is 14.0. The molecular weight excluding hydrogens is 404 g/mol. The minimum atomic E-state index is -0.0678. The van der Waals surface area contributed by atoms with Gasteiger partial charge in [-0.3, -0.25) is 4.79 Å². The second-order valence-electron chi connectivity index (χ2n) is 8.24. The number of aryl methyl sites for hydroxylation is 1. The highest BCUT2D eigenvalue weighted by atomic mass is 16.2. The first-order valence-corrected chi connectivity index (χ1v) is 11.5. The van der Waals surface area contributed by atoms with Crippen molar-refractivity contribution in [1.82, 2.24) is 4.90 Å². The molecule has 0 saturated heterocycles. The molecule has 0 saturated carbocycles. The number of benzene rings is 4. The smallest absolute Gasteiger partial charge is 0.255 e. The van der Waals surface area contributed by atoms with Gasteiger partial charge in [-0.2, -0.15) is 0 Å². The molecule has 3 heteroatoms. The fraction of sp³-hybridized carbons (Fsp3) is 0.167. The topological polar surface area (TPSA) is 46.3 Å². The van der Waals surface area contributed by atoms with Crippen LogP contribution in [0, 0.1) is 0 Å². The molecule has 0 radical (unpaired) electrons. The molecule has 166 valence electrons. The summed E-state index contributed by atoms with van der Waals surface area (Å²) in [4.78, 5) is 16.0. The number of carbonyl (C=O) groups is 1. The first-order valence-electron chi connectivity index (χ1n) is 11.5. The third-order valence-corrected chi connectivity index (χ3v) is 6.02. The molecule has 0 fully saturated rings. The standard InChI is InChI=1S/C30H30N2O/c31-22-27(21-20-24-12-4-1-5-13-24)32(23-25-14-6-2-7-15-25)30(33)29-19-11-10-18-28(29)26-16-8-3-9-17-26/h1-19,27H,20-23,31H2. The number of hydrogen-bond acceptors (Lipinski definition) is 2. The minimum absolute atomic E-state index is 0.0156. The van der Waals surface area contributed by atoms with Crippen molar-refractivity contribution in [3.05, 3.63) is 132 Å². The lowest BCUT2D eigenvalue weighted by Gasteiger charge is -2.32. The Kier molecular flexibility index (Phi) is 7.68. The Morgan fingerprint density at radius 1 is 0.697 bits per heavy atom. The van der Waals surface area contributed by atoms with Gasteiger partial charge in [0, 0.05) is 24.7 Å². The number of nitrogens with two attached hydrogens (primary N) is 1. The van der Waals surface area contributed by atoms with E-state index in [1.807, 2.05) is 83.8 Å². The van der Waals surface area contributed by atoms with E-state index < -0.39 is 0 Å². The van der Waals surface area contributed by atoms with Crippen molar-refractivity contribution in [2.24, 2.45) is 5.73 Å². The Hall–Kier alpha value is -3.69. The van der Waals surface area contributed by atoms with E-state index in [1.165, 1.54) is 5.56 Å². The van der Waals surface area contributed by atoms with Crippen molar-refractivity contribution in [3.8, 4) is 11.1 Å². The lowest BCUT2D eigenvalue weighted by molar-refractivity contribution is 0.0658. The number of nitrogens with zero attached hydrogens (tertiary/aromatic N) is 1. The fourth-order valence-corrected chi connectivity index (χ4v) is 4.22. The summed E-state index contributed by atoms with van der Waals surface area (Å²) in [5.41, 5.74) is 11.3. The van der Waals surface area contributed by atoms with E-state index in [0.717, 1.165) is 29.5 Å². The predicted octanol–water partition coefficient (Wildman–Crippen LogP) is 5.96. The average molecular weight is 435 g/mol. The highest BCUT2D eigenvalue weighted by Gasteiger charge is 2.26. The van der Waals surface area contributed by atoms with Gasteiger partial charge in [-0.25, -0.2) is 0 Å². The molecule has 0 heterocycles. The molecule has 4 aromatic rings. The molecule has 1 amide bonds. The Labute approximate surface area is 196 Å². The van der Waals surface area contributed by atoms with Crippen LogP contribution in [-0.2, 0) is 13.0 Å². The highest BCUT2D eigenvalue weighted by Crippen LogP contribution is 2.26. The maximum Gasteiger partial charge on any atom is 0.255 e. The van der Waals surface area contributed by atoms with Crippen LogP contribution in [0.3, 0.4) is 0 Å². The van der Waals surface area contributed by atoms with Crippen molar-refractivity contribution in [1.29, 1.82) is 0 Å². The quantitative estimate of drug-likeness (QED) is 0.353. The molecule has 2 N–H and O–H groups in total. The van der Waals surface area contributed by atoms with Crippen molar-refractivity contribution in [2.75, 3.05) is 6.54 Å². The molecule has 3 nitrogen and oxygen atoms in total. The summed E-state index contributed by atoms with van der Waals surface area (Å²) in [6.45, 7) is 0.943. The fourth-order valence-electron chi connectivity index (χ4n) is 4.22. The number of hydrogen-bond donors (Lipinski definition) is 1. The minimum Gasteiger partial charge on any atom is -0.330 e. The van der Waals surface area contributed by atoms with Crippen LogP contribution in [0.25, 0.3) is 11.1 Å². The van der Waals surface area contributed by atoms with Gasteiger partial charge in [-0.15, -0.1) is 0 Å². The van der Waals surface area contributed by atoms with Gasteiger partial charge in [0.05, 0.1) is 0 Å². The average Bonchev–Trinajstić information content (AvgIpc) is 2.89. The zero-order valence-corrected chi connectivity index (χ0v) is 18.8. The van der Waals surface area contributed by atoms with E-state index in [9.17, 15) is 4.79 Å². The van der Waals surface area contributed by atoms with Crippen LogP contribution in [-0.4, -0.2) is 23.4 Å². The van der Waals surface area contributed by atoms with E-state index in [4.69, 9.17) is 5.73 Å². The van der Waals surface area contributed by atoms with E-state index in [2.05, 4.69) is 36.4 Å². The van der Waals surface area contributed by atoms with Gasteiger partial charge in [-0.05, 0) is 41.2 Å². The van der Waals surface area contributed by atoms with Crippen LogP contribution in [0.15, 0.2) is 115 Å². The van der Waals surface area contributed by atoms with Crippen LogP contribution in [0.2, 0.25) is 0 Å². The largest absolute Gasteiger partial charge is 0.330 e. The molecule has 4 aromatic carbocycles. The Morgan fingerprint density at radius 3 is 1.88 bits per heavy atom. The normalized spacial score (nSPS) is 11.7. The first-order chi connectivity index (χ1) is 16.3. The number of carbonyl (C=O) groups excluding carboxylic acids is 1. The lowest BCUT2D eigenvalue weighted by atomic mass is 9.97. The van der Waals surface area contributed by atoms with E-state index >= 15 is 0 Å². The van der Waals surface area contributed by atoms with Gasteiger partial charge in [0.2, 0.25) is 0 Å². The zero-order chi connectivity index (χ0) is 22.9. The predicted molar refractivity (Wildman–Crippen MR) is 136 cm³/mol. The molecule has 0 spiro atoms. The molecule has 33 heavy (non-hydrogen) atoms. The maximum absolute atomic E-state index is 14.0. The molecule has 0 aliphatic carbocycles. The summed E-state index contributed by atoms with van der Waals surface area (Å²) in [6.07, 6.45) is 1.69. The summed E-state index contributed by atoms with van der Waals surface area (Å²) in [7, 11) is 0. The molecule has 0 bridgehead atoms. The van der Waals surface area contributed by atoms with Gasteiger partial charge in [0.1, 0.15) is 0 Å². The Morgan fingerprint density at radius 2 is 1.24 bits per heavy atom. The summed E-state index contributed by atoms with van der Waals surface area (Å²) in [5, 5.41) is 0. The summed E-state index contributed by atoms with van der Waals surface area (Å²) >= 11 is 0. The summed E-state index contributed by atoms with van der Waals surface area (Å²) in [6, 6.07) is 38.4. The van der Waals surface area contributed by atoms with Gasteiger partial charge in [-0.1, -0.05) is 109 Å². The van der Waals surface area contributed by atoms with Crippen LogP contribution < -0.4 is 5.73 Å². The van der Waals surface area contributed by atoms with E-state index in [-0.39, 0.29) is 11.9 Å². The summed E-state index contributed by atoms with van der Waals surface area (Å²) < 4.78 is 0. The summed E-state index contributed by atoms with van der Waals surface area (Å²) in [5.74, 6) is 0.0156. The second kappa shape index (κ2) is 11.3. The molecule has 1 unspecified atom stereocenters. The van der Waals surface area contributed by atoms with E-state index in [0.29, 0.717) is 18.7 Å². The molecule has 0 aliphatic rings. The highest BCUT2D eigenvalue weighted by molar-refractivity contribution is 6.01.